The highest BCUT2D eigenvalue weighted by Crippen LogP contribution is 2.46. The monoisotopic (exact) mass is 880 g/mol. The minimum absolute atomic E-state index is 0.886. The first kappa shape index (κ1) is 39.8. The van der Waals surface area contributed by atoms with Crippen LogP contribution in [0.25, 0.3) is 98.8 Å². The maximum Gasteiger partial charge on any atom is 0.180 e. The number of hydrogen-bond acceptors (Lipinski definition) is 1. The Bertz CT molecular complexity index is 3840. The van der Waals surface area contributed by atoms with Gasteiger partial charge in [-0.2, -0.15) is 0 Å². The van der Waals surface area contributed by atoms with Gasteiger partial charge >= 0.3 is 0 Å². The second-order valence-electron chi connectivity index (χ2n) is 17.8. The summed E-state index contributed by atoms with van der Waals surface area (Å²) in [6, 6.07) is 98.4. The highest BCUT2D eigenvalue weighted by Gasteiger charge is 2.43. The summed E-state index contributed by atoms with van der Waals surface area (Å²) in [5.74, 6) is 0. The molecule has 1 heterocycles. The van der Waals surface area contributed by atoms with E-state index in [0.717, 1.165) is 38.6 Å². The van der Waals surface area contributed by atoms with E-state index in [1.165, 1.54) is 80.9 Å². The molecule has 0 radical (unpaired) electrons. The fourth-order valence-electron chi connectivity index (χ4n) is 11.3. The molecule has 0 atom stereocenters. The van der Waals surface area contributed by atoms with Gasteiger partial charge in [-0.3, -0.25) is 0 Å². The Labute approximate surface area is 396 Å². The fraction of sp³-hybridized carbons (Fsp3) is 0. The van der Waals surface area contributed by atoms with Crippen LogP contribution in [0, 0.1) is 0 Å². The van der Waals surface area contributed by atoms with Gasteiger partial charge < -0.3 is 4.42 Å². The molecule has 0 aliphatic carbocycles. The van der Waals surface area contributed by atoms with Crippen LogP contribution in [-0.2, 0) is 0 Å². The van der Waals surface area contributed by atoms with E-state index in [0.29, 0.717) is 0 Å². The molecule has 0 fully saturated rings. The molecular weight excluding hydrogens is 837 g/mol. The number of hydrogen-bond donors (Lipinski definition) is 0. The maximum absolute atomic E-state index is 6.95. The average Bonchev–Trinajstić information content (AvgIpc) is 3.80. The van der Waals surface area contributed by atoms with Crippen LogP contribution in [0.4, 0.5) is 0 Å². The van der Waals surface area contributed by atoms with Gasteiger partial charge in [-0.25, -0.2) is 0 Å². The molecule has 0 unspecified atom stereocenters. The van der Waals surface area contributed by atoms with E-state index in [-0.39, 0.29) is 0 Å². The lowest BCUT2D eigenvalue weighted by Crippen LogP contribution is -2.75. The Hall–Kier alpha value is -8.56. The lowest BCUT2D eigenvalue weighted by atomic mass is 9.84. The molecule has 13 aromatic rings. The third kappa shape index (κ3) is 6.30. The fourth-order valence-corrected chi connectivity index (χ4v) is 16.3. The van der Waals surface area contributed by atoms with Crippen molar-refractivity contribution in [2.75, 3.05) is 0 Å². The van der Waals surface area contributed by atoms with Gasteiger partial charge in [-0.1, -0.05) is 249 Å². The Morgan fingerprint density at radius 3 is 1.34 bits per heavy atom. The van der Waals surface area contributed by atoms with Crippen LogP contribution in [0.2, 0.25) is 0 Å². The summed E-state index contributed by atoms with van der Waals surface area (Å²) in [4.78, 5) is 0. The van der Waals surface area contributed by atoms with Crippen molar-refractivity contribution < 1.29 is 4.42 Å². The van der Waals surface area contributed by atoms with E-state index in [1.807, 2.05) is 0 Å². The zero-order chi connectivity index (χ0) is 45.0. The van der Waals surface area contributed by atoms with E-state index >= 15 is 0 Å². The van der Waals surface area contributed by atoms with Gasteiger partial charge in [0.2, 0.25) is 0 Å². The van der Waals surface area contributed by atoms with E-state index in [1.54, 1.807) is 0 Å². The smallest absolute Gasteiger partial charge is 0.180 e. The largest absolute Gasteiger partial charge is 0.455 e. The SMILES string of the molecule is c1ccc([Si](c2ccccc2)(c2ccccc2)c2ccccc2-c2cc(-c3ccc(-c4c5ccccc5c(-c5cccc6ccccc56)c5ccccc45)cc3)cc3c2oc2ccccc23)cc1. The van der Waals surface area contributed by atoms with Crippen molar-refractivity contribution in [2.24, 2.45) is 0 Å². The van der Waals surface area contributed by atoms with Crippen LogP contribution >= 0.6 is 0 Å². The number of para-hydroxylation sites is 1. The minimum Gasteiger partial charge on any atom is -0.455 e. The molecule has 0 saturated carbocycles. The Morgan fingerprint density at radius 2 is 0.721 bits per heavy atom. The van der Waals surface area contributed by atoms with Gasteiger partial charge in [0, 0.05) is 16.3 Å². The van der Waals surface area contributed by atoms with Crippen LogP contribution < -0.4 is 20.7 Å². The second-order valence-corrected chi connectivity index (χ2v) is 21.6. The standard InChI is InChI=1S/C66H44OSi/c1-4-23-49(24-5-1)68(50-25-6-2-7-26-50,51-27-8-3-9-28-51)63-38-19-17-31-54(63)61-44-48(43-60-53-30-16-18-37-62(53)67-66(60)61)45-39-41-47(42-40-45)64-56-32-12-14-34-58(56)65(59-35-15-13-33-57(59)64)55-36-20-22-46-21-10-11-29-52(46)55/h1-44H. The third-order valence-corrected chi connectivity index (χ3v) is 19.1. The van der Waals surface area contributed by atoms with Gasteiger partial charge in [0.25, 0.3) is 0 Å². The van der Waals surface area contributed by atoms with E-state index < -0.39 is 8.07 Å². The van der Waals surface area contributed by atoms with Gasteiger partial charge in [0.1, 0.15) is 11.2 Å². The second kappa shape index (κ2) is 16.4. The van der Waals surface area contributed by atoms with E-state index in [9.17, 15) is 0 Å². The van der Waals surface area contributed by atoms with Crippen molar-refractivity contribution in [3.05, 3.63) is 267 Å². The Balaban J connectivity index is 1.03. The molecule has 1 aromatic heterocycles. The molecule has 0 saturated heterocycles. The number of furan rings is 1. The van der Waals surface area contributed by atoms with Gasteiger partial charge in [0.05, 0.1) is 0 Å². The van der Waals surface area contributed by atoms with Crippen molar-refractivity contribution in [3.8, 4) is 44.5 Å². The highest BCUT2D eigenvalue weighted by atomic mass is 28.3. The molecule has 0 aliphatic heterocycles. The van der Waals surface area contributed by atoms with Gasteiger partial charge in [0.15, 0.2) is 8.07 Å². The molecule has 2 heteroatoms. The summed E-state index contributed by atoms with van der Waals surface area (Å²) >= 11 is 0. The molecule has 68 heavy (non-hydrogen) atoms. The predicted octanol–water partition coefficient (Wildman–Crippen LogP) is 15.1. The summed E-state index contributed by atoms with van der Waals surface area (Å²) in [5.41, 5.74) is 11.3. The molecule has 1 nitrogen and oxygen atoms in total. The van der Waals surface area contributed by atoms with Crippen molar-refractivity contribution in [2.45, 2.75) is 0 Å². The van der Waals surface area contributed by atoms with Crippen LogP contribution in [-0.4, -0.2) is 8.07 Å². The first-order valence-corrected chi connectivity index (χ1v) is 25.5. The average molecular weight is 881 g/mol. The lowest BCUT2D eigenvalue weighted by Gasteiger charge is -2.36. The molecule has 0 N–H and O–H groups in total. The summed E-state index contributed by atoms with van der Waals surface area (Å²) in [6.45, 7) is 0. The summed E-state index contributed by atoms with van der Waals surface area (Å²) < 4.78 is 6.95. The predicted molar refractivity (Wildman–Crippen MR) is 292 cm³/mol. The molecule has 0 amide bonds. The first-order valence-electron chi connectivity index (χ1n) is 23.5. The molecule has 0 aliphatic rings. The van der Waals surface area contributed by atoms with Crippen molar-refractivity contribution in [1.29, 1.82) is 0 Å². The molecular formula is C66H44OSi. The zero-order valence-corrected chi connectivity index (χ0v) is 38.3. The first-order chi connectivity index (χ1) is 33.8. The summed E-state index contributed by atoms with van der Waals surface area (Å²) in [6.07, 6.45) is 0. The number of benzene rings is 12. The molecule has 0 spiro atoms. The molecule has 0 bridgehead atoms. The topological polar surface area (TPSA) is 13.1 Å². The lowest BCUT2D eigenvalue weighted by molar-refractivity contribution is 0.670. The minimum atomic E-state index is -2.92. The van der Waals surface area contributed by atoms with Crippen molar-refractivity contribution in [3.63, 3.8) is 0 Å². The number of rotatable bonds is 8. The van der Waals surface area contributed by atoms with Gasteiger partial charge in [-0.05, 0) is 110 Å². The van der Waals surface area contributed by atoms with Crippen molar-refractivity contribution >= 4 is 83.1 Å². The van der Waals surface area contributed by atoms with Crippen molar-refractivity contribution in [1.82, 2.24) is 0 Å². The highest BCUT2D eigenvalue weighted by molar-refractivity contribution is 7.20. The quantitative estimate of drug-likeness (QED) is 0.0842. The van der Waals surface area contributed by atoms with Crippen LogP contribution in [0.1, 0.15) is 0 Å². The van der Waals surface area contributed by atoms with Crippen LogP contribution in [0.5, 0.6) is 0 Å². The Kier molecular flexibility index (Phi) is 9.59. The zero-order valence-electron chi connectivity index (χ0n) is 37.3. The molecule has 13 rings (SSSR count). The molecule has 12 aromatic carbocycles. The maximum atomic E-state index is 6.95. The van der Waals surface area contributed by atoms with Crippen LogP contribution in [0.3, 0.4) is 0 Å². The van der Waals surface area contributed by atoms with Crippen LogP contribution in [0.15, 0.2) is 271 Å². The molecule has 318 valence electrons. The number of fused-ring (bicyclic) bond motifs is 6. The summed E-state index contributed by atoms with van der Waals surface area (Å²) in [7, 11) is -2.92. The third-order valence-electron chi connectivity index (χ3n) is 14.2. The normalized spacial score (nSPS) is 11.8. The van der Waals surface area contributed by atoms with E-state index in [4.69, 9.17) is 4.42 Å². The summed E-state index contributed by atoms with van der Waals surface area (Å²) in [5, 5.41) is 15.1. The Morgan fingerprint density at radius 1 is 0.265 bits per heavy atom. The van der Waals surface area contributed by atoms with E-state index in [2.05, 4.69) is 267 Å². The van der Waals surface area contributed by atoms with Gasteiger partial charge in [-0.15, -0.1) is 0 Å².